The van der Waals surface area contributed by atoms with Crippen molar-refractivity contribution in [3.63, 3.8) is 0 Å². The van der Waals surface area contributed by atoms with Crippen LogP contribution < -0.4 is 0 Å². The van der Waals surface area contributed by atoms with Crippen LogP contribution in [0.15, 0.2) is 17.9 Å². The second-order valence-corrected chi connectivity index (χ2v) is 1.28. The van der Waals surface area contributed by atoms with Crippen molar-refractivity contribution in [1.82, 2.24) is 0 Å². The predicted octanol–water partition coefficient (Wildman–Crippen LogP) is 1.49. The van der Waals surface area contributed by atoms with Gasteiger partial charge >= 0.3 is 0 Å². The molecular formula is C5H6. The topological polar surface area (TPSA) is 0 Å². The van der Waals surface area contributed by atoms with E-state index >= 15 is 0 Å². The molecule has 0 aliphatic heterocycles. The zero-order chi connectivity index (χ0) is 3.70. The van der Waals surface area contributed by atoms with Crippen LogP contribution in [0.1, 0.15) is 12.8 Å². The molecule has 0 saturated heterocycles. The van der Waals surface area contributed by atoms with Crippen LogP contribution in [-0.2, 0) is 0 Å². The van der Waals surface area contributed by atoms with Crippen LogP contribution in [-0.4, -0.2) is 0 Å². The van der Waals surface area contributed by atoms with Crippen LogP contribution in [0.2, 0.25) is 0 Å². The van der Waals surface area contributed by atoms with Crippen molar-refractivity contribution in [1.29, 1.82) is 0 Å². The van der Waals surface area contributed by atoms with Gasteiger partial charge in [-0.1, -0.05) is 6.58 Å². The molecule has 0 spiro atoms. The minimum atomic E-state index is 1.25. The Hall–Kier alpha value is -0.480. The number of rotatable bonds is 0. The monoisotopic (exact) mass is 66.0 g/mol. The maximum Gasteiger partial charge on any atom is -0.0200 e. The largest absolute Gasteiger partial charge is 0.130 e. The van der Waals surface area contributed by atoms with Crippen molar-refractivity contribution in [3.8, 4) is 0 Å². The van der Waals surface area contributed by atoms with Gasteiger partial charge in [0.2, 0.25) is 0 Å². The number of hydrogen-bond donors (Lipinski definition) is 0. The van der Waals surface area contributed by atoms with Gasteiger partial charge in [0, 0.05) is 0 Å². The Balaban J connectivity index is 2.80. The van der Waals surface area contributed by atoms with Crippen molar-refractivity contribution in [2.24, 2.45) is 0 Å². The lowest BCUT2D eigenvalue weighted by Crippen LogP contribution is -1.20. The van der Waals surface area contributed by atoms with Gasteiger partial charge in [-0.15, -0.1) is 5.73 Å². The molecule has 1 rings (SSSR count). The molecule has 1 saturated carbocycles. The van der Waals surface area contributed by atoms with Gasteiger partial charge in [0.25, 0.3) is 0 Å². The van der Waals surface area contributed by atoms with Gasteiger partial charge in [0.1, 0.15) is 0 Å². The normalized spacial score (nSPS) is 18.0. The average molecular weight is 66.1 g/mol. The SMILES string of the molecule is C=C=C1CC1. The van der Waals surface area contributed by atoms with Gasteiger partial charge in [0.15, 0.2) is 0 Å². The molecule has 0 heterocycles. The summed E-state index contributed by atoms with van der Waals surface area (Å²) in [6.45, 7) is 3.46. The van der Waals surface area contributed by atoms with E-state index in [2.05, 4.69) is 12.3 Å². The molecule has 0 aromatic rings. The first-order valence-electron chi connectivity index (χ1n) is 1.81. The molecule has 0 nitrogen and oxygen atoms in total. The van der Waals surface area contributed by atoms with Crippen LogP contribution in [0.3, 0.4) is 0 Å². The first-order valence-corrected chi connectivity index (χ1v) is 1.81. The van der Waals surface area contributed by atoms with Crippen molar-refractivity contribution in [2.45, 2.75) is 12.8 Å². The fourth-order valence-electron chi connectivity index (χ4n) is 0.239. The van der Waals surface area contributed by atoms with Crippen LogP contribution in [0.5, 0.6) is 0 Å². The first-order chi connectivity index (χ1) is 2.43. The molecule has 0 N–H and O–H groups in total. The Kier molecular flexibility index (Phi) is 0.402. The second kappa shape index (κ2) is 0.734. The highest BCUT2D eigenvalue weighted by molar-refractivity contribution is 5.13. The fraction of sp³-hybridized carbons (Fsp3) is 0.400. The van der Waals surface area contributed by atoms with Gasteiger partial charge in [-0.25, -0.2) is 0 Å². The minimum Gasteiger partial charge on any atom is -0.130 e. The van der Waals surface area contributed by atoms with Crippen LogP contribution >= 0.6 is 0 Å². The molecule has 1 fully saturated rings. The Labute approximate surface area is 31.8 Å². The summed E-state index contributed by atoms with van der Waals surface area (Å²) in [5.74, 6) is 0. The zero-order valence-corrected chi connectivity index (χ0v) is 3.12. The van der Waals surface area contributed by atoms with Gasteiger partial charge < -0.3 is 0 Å². The zero-order valence-electron chi connectivity index (χ0n) is 3.12. The maximum absolute atomic E-state index is 3.46. The lowest BCUT2D eigenvalue weighted by Gasteiger charge is -1.41. The third-order valence-corrected chi connectivity index (χ3v) is 0.750. The van der Waals surface area contributed by atoms with Crippen molar-refractivity contribution in [3.05, 3.63) is 17.9 Å². The summed E-state index contributed by atoms with van der Waals surface area (Å²) in [5.41, 5.74) is 4.20. The molecule has 0 aromatic carbocycles. The van der Waals surface area contributed by atoms with Gasteiger partial charge in [0.05, 0.1) is 0 Å². The summed E-state index contributed by atoms with van der Waals surface area (Å²) in [6.07, 6.45) is 2.51. The van der Waals surface area contributed by atoms with Crippen molar-refractivity contribution < 1.29 is 0 Å². The summed E-state index contributed by atoms with van der Waals surface area (Å²) in [4.78, 5) is 0. The van der Waals surface area contributed by atoms with E-state index < -0.39 is 0 Å². The van der Waals surface area contributed by atoms with E-state index in [1.807, 2.05) is 0 Å². The maximum atomic E-state index is 3.46. The molecule has 0 amide bonds. The highest BCUT2D eigenvalue weighted by Gasteiger charge is 2.07. The van der Waals surface area contributed by atoms with Crippen molar-refractivity contribution in [2.75, 3.05) is 0 Å². The van der Waals surface area contributed by atoms with E-state index in [1.165, 1.54) is 18.4 Å². The minimum absolute atomic E-state index is 1.25. The summed E-state index contributed by atoms with van der Waals surface area (Å²) >= 11 is 0. The molecule has 26 valence electrons. The Morgan fingerprint density at radius 2 is 2.20 bits per heavy atom. The quantitative estimate of drug-likeness (QED) is 0.376. The van der Waals surface area contributed by atoms with E-state index in [0.717, 1.165) is 0 Å². The molecule has 0 radical (unpaired) electrons. The highest BCUT2D eigenvalue weighted by atomic mass is 14.1. The lowest BCUT2D eigenvalue weighted by atomic mass is 10.7. The molecule has 0 unspecified atom stereocenters. The second-order valence-electron chi connectivity index (χ2n) is 1.28. The van der Waals surface area contributed by atoms with E-state index in [9.17, 15) is 0 Å². The van der Waals surface area contributed by atoms with E-state index in [0.29, 0.717) is 0 Å². The Bertz CT molecular complexity index is 78.2. The third-order valence-electron chi connectivity index (χ3n) is 0.750. The predicted molar refractivity (Wildman–Crippen MR) is 21.9 cm³/mol. The van der Waals surface area contributed by atoms with E-state index in [-0.39, 0.29) is 0 Å². The lowest BCUT2D eigenvalue weighted by molar-refractivity contribution is 1.50. The standard InChI is InChI=1S/C5H6/c1-2-5-3-4-5/h1,3-4H2. The summed E-state index contributed by atoms with van der Waals surface area (Å²) in [7, 11) is 0. The summed E-state index contributed by atoms with van der Waals surface area (Å²) < 4.78 is 0. The smallest absolute Gasteiger partial charge is 0.0200 e. The van der Waals surface area contributed by atoms with Gasteiger partial charge in [-0.05, 0) is 18.4 Å². The molecular weight excluding hydrogens is 60.1 g/mol. The van der Waals surface area contributed by atoms with E-state index in [4.69, 9.17) is 0 Å². The Morgan fingerprint density at radius 1 is 1.60 bits per heavy atom. The molecule has 5 heavy (non-hydrogen) atoms. The molecule has 0 bridgehead atoms. The van der Waals surface area contributed by atoms with Gasteiger partial charge in [-0.3, -0.25) is 0 Å². The molecule has 0 aromatic heterocycles. The molecule has 0 atom stereocenters. The average Bonchev–Trinajstić information content (AvgIpc) is 2.12. The highest BCUT2D eigenvalue weighted by Crippen LogP contribution is 2.24. The van der Waals surface area contributed by atoms with Crippen LogP contribution in [0, 0.1) is 0 Å². The Morgan fingerprint density at radius 3 is 2.20 bits per heavy atom. The molecule has 1 aliphatic rings. The third kappa shape index (κ3) is 0.398. The molecule has 0 heteroatoms. The number of allylic oxidation sites excluding steroid dienone is 1. The van der Waals surface area contributed by atoms with Crippen LogP contribution in [0.4, 0.5) is 0 Å². The van der Waals surface area contributed by atoms with E-state index in [1.54, 1.807) is 0 Å². The van der Waals surface area contributed by atoms with Crippen molar-refractivity contribution >= 4 is 0 Å². The fourth-order valence-corrected chi connectivity index (χ4v) is 0.239. The first kappa shape index (κ1) is 2.74. The molecule has 1 aliphatic carbocycles. The number of hydrogen-bond acceptors (Lipinski definition) is 0. The van der Waals surface area contributed by atoms with Crippen LogP contribution in [0.25, 0.3) is 0 Å². The van der Waals surface area contributed by atoms with Gasteiger partial charge in [-0.2, -0.15) is 0 Å². The summed E-state index contributed by atoms with van der Waals surface area (Å²) in [6, 6.07) is 0. The summed E-state index contributed by atoms with van der Waals surface area (Å²) in [5, 5.41) is 0.